The van der Waals surface area contributed by atoms with Crippen LogP contribution < -0.4 is 5.56 Å². The van der Waals surface area contributed by atoms with Crippen LogP contribution in [-0.4, -0.2) is 14.5 Å². The van der Waals surface area contributed by atoms with Crippen molar-refractivity contribution in [2.75, 3.05) is 0 Å². The third-order valence-electron chi connectivity index (χ3n) is 3.85. The minimum absolute atomic E-state index is 0.00817. The van der Waals surface area contributed by atoms with Crippen LogP contribution in [0.4, 0.5) is 0 Å². The lowest BCUT2D eigenvalue weighted by atomic mass is 10.1. The van der Waals surface area contributed by atoms with Crippen molar-refractivity contribution in [1.82, 2.24) is 14.5 Å². The molecule has 0 fully saturated rings. The van der Waals surface area contributed by atoms with E-state index in [0.29, 0.717) is 5.39 Å². The van der Waals surface area contributed by atoms with E-state index in [4.69, 9.17) is 0 Å². The summed E-state index contributed by atoms with van der Waals surface area (Å²) in [6, 6.07) is 9.59. The number of rotatable bonds is 2. The van der Waals surface area contributed by atoms with Crippen LogP contribution in [0.5, 0.6) is 0 Å². The first-order valence-electron chi connectivity index (χ1n) is 6.97. The Morgan fingerprint density at radius 3 is 2.62 bits per heavy atom. The van der Waals surface area contributed by atoms with Crippen LogP contribution in [0.15, 0.2) is 47.7 Å². The second kappa shape index (κ2) is 5.13. The average molecular weight is 279 g/mol. The first-order valence-corrected chi connectivity index (χ1v) is 6.97. The predicted molar refractivity (Wildman–Crippen MR) is 83.5 cm³/mol. The Morgan fingerprint density at radius 2 is 1.90 bits per heavy atom. The van der Waals surface area contributed by atoms with Crippen LogP contribution in [0.2, 0.25) is 0 Å². The zero-order valence-corrected chi connectivity index (χ0v) is 12.4. The Kier molecular flexibility index (Phi) is 3.29. The summed E-state index contributed by atoms with van der Waals surface area (Å²) in [6.07, 6.45) is 3.43. The predicted octanol–water partition coefficient (Wildman–Crippen LogP) is 3.02. The highest BCUT2D eigenvalue weighted by Gasteiger charge is 2.13. The average Bonchev–Trinajstić information content (AvgIpc) is 2.48. The molecule has 2 aromatic heterocycles. The minimum atomic E-state index is -0.0953. The summed E-state index contributed by atoms with van der Waals surface area (Å²) in [7, 11) is 0. The van der Waals surface area contributed by atoms with Crippen molar-refractivity contribution in [3.63, 3.8) is 0 Å². The fourth-order valence-corrected chi connectivity index (χ4v) is 2.51. The van der Waals surface area contributed by atoms with Gasteiger partial charge in [-0.1, -0.05) is 18.2 Å². The van der Waals surface area contributed by atoms with Gasteiger partial charge >= 0.3 is 0 Å². The quantitative estimate of drug-likeness (QED) is 0.724. The van der Waals surface area contributed by atoms with Crippen molar-refractivity contribution in [2.45, 2.75) is 26.8 Å². The molecule has 3 aromatic rings. The van der Waals surface area contributed by atoms with Crippen LogP contribution >= 0.6 is 0 Å². The lowest BCUT2D eigenvalue weighted by Gasteiger charge is -2.16. The summed E-state index contributed by atoms with van der Waals surface area (Å²) >= 11 is 0. The molecular formula is C17H17N3O. The molecule has 0 saturated heterocycles. The zero-order chi connectivity index (χ0) is 15.0. The molecule has 1 atom stereocenters. The number of hydrogen-bond acceptors (Lipinski definition) is 3. The molecule has 0 saturated carbocycles. The molecule has 21 heavy (non-hydrogen) atoms. The van der Waals surface area contributed by atoms with Crippen molar-refractivity contribution in [3.05, 3.63) is 70.0 Å². The van der Waals surface area contributed by atoms with Crippen molar-refractivity contribution in [1.29, 1.82) is 0 Å². The summed E-state index contributed by atoms with van der Waals surface area (Å²) in [5.41, 5.74) is 3.65. The van der Waals surface area contributed by atoms with E-state index in [2.05, 4.69) is 9.97 Å². The first kappa shape index (κ1) is 13.5. The second-order valence-corrected chi connectivity index (χ2v) is 5.33. The van der Waals surface area contributed by atoms with Gasteiger partial charge in [-0.05, 0) is 44.0 Å². The highest BCUT2D eigenvalue weighted by Crippen LogP contribution is 2.17. The zero-order valence-electron chi connectivity index (χ0n) is 12.4. The molecule has 0 amide bonds. The molecule has 4 heteroatoms. The van der Waals surface area contributed by atoms with Crippen molar-refractivity contribution in [2.24, 2.45) is 0 Å². The fraction of sp³-hybridized carbons (Fsp3) is 0.235. The van der Waals surface area contributed by atoms with E-state index in [1.807, 2.05) is 57.3 Å². The number of pyridine rings is 1. The number of aryl methyl sites for hydroxylation is 2. The largest absolute Gasteiger partial charge is 0.291 e. The van der Waals surface area contributed by atoms with Crippen LogP contribution in [-0.2, 0) is 0 Å². The Balaban J connectivity index is 2.17. The molecule has 0 N–H and O–H groups in total. The maximum atomic E-state index is 12.7. The third-order valence-corrected chi connectivity index (χ3v) is 3.85. The first-order chi connectivity index (χ1) is 10.1. The molecule has 0 bridgehead atoms. The molecule has 0 aliphatic rings. The van der Waals surface area contributed by atoms with Crippen LogP contribution in [0.1, 0.15) is 29.8 Å². The van der Waals surface area contributed by atoms with E-state index in [1.165, 1.54) is 0 Å². The fourth-order valence-electron chi connectivity index (χ4n) is 2.51. The molecule has 2 heterocycles. The molecule has 3 rings (SSSR count). The summed E-state index contributed by atoms with van der Waals surface area (Å²) in [6.45, 7) is 5.87. The molecule has 1 aromatic carbocycles. The highest BCUT2D eigenvalue weighted by atomic mass is 16.1. The Labute approximate surface area is 123 Å². The van der Waals surface area contributed by atoms with Crippen molar-refractivity contribution < 1.29 is 0 Å². The molecule has 0 aliphatic carbocycles. The van der Waals surface area contributed by atoms with Gasteiger partial charge in [-0.25, -0.2) is 4.98 Å². The standard InChI is InChI=1S/C17H17N3O/c1-11-5-4-6-15-16(11)17(21)20(10-19-15)13(3)14-8-7-12(2)18-9-14/h4-10,13H,1-3H3/t13-/m1/s1. The molecule has 0 aliphatic heterocycles. The summed E-state index contributed by atoms with van der Waals surface area (Å²) in [5, 5.41) is 0.687. The minimum Gasteiger partial charge on any atom is -0.291 e. The van der Waals surface area contributed by atoms with Gasteiger partial charge in [0.05, 0.1) is 23.3 Å². The van der Waals surface area contributed by atoms with Gasteiger partial charge in [0.1, 0.15) is 0 Å². The van der Waals surface area contributed by atoms with Gasteiger partial charge in [-0.3, -0.25) is 14.3 Å². The maximum Gasteiger partial charge on any atom is 0.262 e. The third kappa shape index (κ3) is 2.33. The summed E-state index contributed by atoms with van der Waals surface area (Å²) in [5.74, 6) is 0. The molecule has 0 spiro atoms. The second-order valence-electron chi connectivity index (χ2n) is 5.33. The monoisotopic (exact) mass is 279 g/mol. The van der Waals surface area contributed by atoms with Gasteiger partial charge in [0.25, 0.3) is 5.56 Å². The van der Waals surface area contributed by atoms with E-state index in [-0.39, 0.29) is 11.6 Å². The SMILES string of the molecule is Cc1ccc([C@@H](C)n2cnc3cccc(C)c3c2=O)cn1. The number of benzene rings is 1. The molecule has 4 nitrogen and oxygen atoms in total. The van der Waals surface area contributed by atoms with Gasteiger partial charge in [0.2, 0.25) is 0 Å². The molecule has 0 radical (unpaired) electrons. The lowest BCUT2D eigenvalue weighted by molar-refractivity contribution is 0.606. The van der Waals surface area contributed by atoms with Gasteiger partial charge in [-0.15, -0.1) is 0 Å². The summed E-state index contributed by atoms with van der Waals surface area (Å²) < 4.78 is 1.67. The number of aromatic nitrogens is 3. The Bertz CT molecular complexity index is 850. The smallest absolute Gasteiger partial charge is 0.262 e. The molecular weight excluding hydrogens is 262 g/mol. The lowest BCUT2D eigenvalue weighted by Crippen LogP contribution is -2.25. The van der Waals surface area contributed by atoms with Gasteiger partial charge in [-0.2, -0.15) is 0 Å². The molecule has 106 valence electrons. The number of nitrogens with zero attached hydrogens (tertiary/aromatic N) is 3. The van der Waals surface area contributed by atoms with Crippen LogP contribution in [0.25, 0.3) is 10.9 Å². The Hall–Kier alpha value is -2.49. The number of fused-ring (bicyclic) bond motifs is 1. The normalized spacial score (nSPS) is 12.5. The topological polar surface area (TPSA) is 47.8 Å². The van der Waals surface area contributed by atoms with Gasteiger partial charge in [0, 0.05) is 11.9 Å². The Morgan fingerprint density at radius 1 is 1.10 bits per heavy atom. The maximum absolute atomic E-state index is 12.7. The van der Waals surface area contributed by atoms with Crippen LogP contribution in [0, 0.1) is 13.8 Å². The summed E-state index contributed by atoms with van der Waals surface area (Å²) in [4.78, 5) is 21.4. The van der Waals surface area contributed by atoms with E-state index in [1.54, 1.807) is 10.9 Å². The number of hydrogen-bond donors (Lipinski definition) is 0. The van der Waals surface area contributed by atoms with E-state index in [0.717, 1.165) is 22.3 Å². The van der Waals surface area contributed by atoms with Gasteiger partial charge < -0.3 is 0 Å². The van der Waals surface area contributed by atoms with E-state index >= 15 is 0 Å². The molecule has 0 unspecified atom stereocenters. The van der Waals surface area contributed by atoms with Gasteiger partial charge in [0.15, 0.2) is 0 Å². The highest BCUT2D eigenvalue weighted by molar-refractivity contribution is 5.80. The van der Waals surface area contributed by atoms with E-state index in [9.17, 15) is 4.79 Å². The van der Waals surface area contributed by atoms with Crippen LogP contribution in [0.3, 0.4) is 0 Å². The van der Waals surface area contributed by atoms with Crippen molar-refractivity contribution >= 4 is 10.9 Å². The van der Waals surface area contributed by atoms with E-state index < -0.39 is 0 Å². The van der Waals surface area contributed by atoms with Crippen molar-refractivity contribution in [3.8, 4) is 0 Å².